The SMILES string of the molecule is CCC(CC)(CO)CNc1cc(F)ccc1Cl. The number of hydrogen-bond acceptors (Lipinski definition) is 2. The first-order valence-corrected chi connectivity index (χ1v) is 6.24. The molecule has 1 aromatic carbocycles. The molecule has 0 aliphatic heterocycles. The molecule has 0 heterocycles. The van der Waals surface area contributed by atoms with Gasteiger partial charge in [-0.05, 0) is 31.0 Å². The smallest absolute Gasteiger partial charge is 0.125 e. The van der Waals surface area contributed by atoms with Crippen molar-refractivity contribution in [2.75, 3.05) is 18.5 Å². The molecule has 1 rings (SSSR count). The number of hydrogen-bond donors (Lipinski definition) is 2. The van der Waals surface area contributed by atoms with Gasteiger partial charge < -0.3 is 10.4 Å². The van der Waals surface area contributed by atoms with Gasteiger partial charge in [0.25, 0.3) is 0 Å². The number of nitrogens with one attached hydrogen (secondary N) is 1. The normalized spacial score (nSPS) is 11.6. The summed E-state index contributed by atoms with van der Waals surface area (Å²) in [4.78, 5) is 0. The summed E-state index contributed by atoms with van der Waals surface area (Å²) in [5.74, 6) is -0.320. The van der Waals surface area contributed by atoms with Crippen molar-refractivity contribution in [3.8, 4) is 0 Å². The third kappa shape index (κ3) is 3.58. The van der Waals surface area contributed by atoms with E-state index in [2.05, 4.69) is 5.32 Å². The summed E-state index contributed by atoms with van der Waals surface area (Å²) in [6.45, 7) is 4.77. The van der Waals surface area contributed by atoms with Gasteiger partial charge in [0.05, 0.1) is 17.3 Å². The average Bonchev–Trinajstić information content (AvgIpc) is 2.35. The zero-order chi connectivity index (χ0) is 12.9. The van der Waals surface area contributed by atoms with Crippen LogP contribution < -0.4 is 5.32 Å². The average molecular weight is 260 g/mol. The predicted octanol–water partition coefficient (Wildman–Crippen LogP) is 3.69. The maximum absolute atomic E-state index is 13.1. The van der Waals surface area contributed by atoms with Gasteiger partial charge in [-0.3, -0.25) is 0 Å². The lowest BCUT2D eigenvalue weighted by Crippen LogP contribution is -2.32. The molecule has 0 aliphatic rings. The summed E-state index contributed by atoms with van der Waals surface area (Å²) < 4.78 is 13.1. The van der Waals surface area contributed by atoms with Crippen molar-refractivity contribution in [1.82, 2.24) is 0 Å². The minimum Gasteiger partial charge on any atom is -0.396 e. The molecule has 4 heteroatoms. The Kier molecular flexibility index (Phi) is 5.22. The highest BCUT2D eigenvalue weighted by Gasteiger charge is 2.25. The highest BCUT2D eigenvalue weighted by atomic mass is 35.5. The molecule has 0 saturated heterocycles. The summed E-state index contributed by atoms with van der Waals surface area (Å²) in [7, 11) is 0. The van der Waals surface area contributed by atoms with Crippen LogP contribution in [0.15, 0.2) is 18.2 Å². The lowest BCUT2D eigenvalue weighted by molar-refractivity contribution is 0.127. The Morgan fingerprint density at radius 3 is 2.53 bits per heavy atom. The number of aliphatic hydroxyl groups is 1. The quantitative estimate of drug-likeness (QED) is 0.817. The number of halogens is 2. The first-order chi connectivity index (χ1) is 8.06. The van der Waals surface area contributed by atoms with Gasteiger partial charge in [0, 0.05) is 12.0 Å². The van der Waals surface area contributed by atoms with Crippen LogP contribution in [0.1, 0.15) is 26.7 Å². The topological polar surface area (TPSA) is 32.3 Å². The van der Waals surface area contributed by atoms with Crippen LogP contribution in [0.5, 0.6) is 0 Å². The molecule has 0 bridgehead atoms. The maximum Gasteiger partial charge on any atom is 0.125 e. The fourth-order valence-electron chi connectivity index (χ4n) is 1.70. The lowest BCUT2D eigenvalue weighted by atomic mass is 9.83. The highest BCUT2D eigenvalue weighted by Crippen LogP contribution is 2.28. The zero-order valence-electron chi connectivity index (χ0n) is 10.3. The Balaban J connectivity index is 2.75. The van der Waals surface area contributed by atoms with E-state index in [1.54, 1.807) is 0 Å². The predicted molar refractivity (Wildman–Crippen MR) is 70.0 cm³/mol. The molecule has 0 saturated carbocycles. The van der Waals surface area contributed by atoms with Gasteiger partial charge in [-0.1, -0.05) is 25.4 Å². The van der Waals surface area contributed by atoms with Gasteiger partial charge >= 0.3 is 0 Å². The van der Waals surface area contributed by atoms with Crippen molar-refractivity contribution in [2.24, 2.45) is 5.41 Å². The minimum absolute atomic E-state index is 0.111. The number of benzene rings is 1. The number of rotatable bonds is 6. The Labute approximate surface area is 107 Å². The van der Waals surface area contributed by atoms with Crippen LogP contribution in [0.4, 0.5) is 10.1 Å². The van der Waals surface area contributed by atoms with Crippen molar-refractivity contribution >= 4 is 17.3 Å². The summed E-state index contributed by atoms with van der Waals surface area (Å²) in [6, 6.07) is 4.22. The number of aliphatic hydroxyl groups excluding tert-OH is 1. The van der Waals surface area contributed by atoms with Gasteiger partial charge in [0.15, 0.2) is 0 Å². The van der Waals surface area contributed by atoms with E-state index in [4.69, 9.17) is 11.6 Å². The Hall–Kier alpha value is -0.800. The van der Waals surface area contributed by atoms with E-state index in [-0.39, 0.29) is 17.8 Å². The zero-order valence-corrected chi connectivity index (χ0v) is 11.0. The molecule has 2 N–H and O–H groups in total. The van der Waals surface area contributed by atoms with Crippen molar-refractivity contribution in [1.29, 1.82) is 0 Å². The van der Waals surface area contributed by atoms with E-state index in [9.17, 15) is 9.50 Å². The Morgan fingerprint density at radius 1 is 1.35 bits per heavy atom. The molecule has 0 aromatic heterocycles. The monoisotopic (exact) mass is 259 g/mol. The van der Waals surface area contributed by atoms with Crippen LogP contribution in [-0.4, -0.2) is 18.3 Å². The van der Waals surface area contributed by atoms with Crippen LogP contribution >= 0.6 is 11.6 Å². The van der Waals surface area contributed by atoms with E-state index in [0.29, 0.717) is 17.3 Å². The van der Waals surface area contributed by atoms with Crippen LogP contribution in [0.2, 0.25) is 5.02 Å². The first kappa shape index (κ1) is 14.3. The molecule has 0 radical (unpaired) electrons. The van der Waals surface area contributed by atoms with E-state index in [0.717, 1.165) is 12.8 Å². The third-order valence-corrected chi connectivity index (χ3v) is 3.75. The van der Waals surface area contributed by atoms with E-state index in [1.807, 2.05) is 13.8 Å². The van der Waals surface area contributed by atoms with Gasteiger partial charge in [0.2, 0.25) is 0 Å². The van der Waals surface area contributed by atoms with Gasteiger partial charge in [-0.15, -0.1) is 0 Å². The molecular formula is C13H19ClFNO. The Bertz CT molecular complexity index is 358. The second-order valence-corrected chi connectivity index (χ2v) is 4.75. The molecule has 0 spiro atoms. The maximum atomic E-state index is 13.1. The first-order valence-electron chi connectivity index (χ1n) is 5.86. The standard InChI is InChI=1S/C13H19ClFNO/c1-3-13(4-2,9-17)8-16-12-7-10(15)5-6-11(12)14/h5-7,16-17H,3-4,8-9H2,1-2H3. The van der Waals surface area contributed by atoms with E-state index >= 15 is 0 Å². The summed E-state index contributed by atoms with van der Waals surface area (Å²) in [5, 5.41) is 13.0. The second-order valence-electron chi connectivity index (χ2n) is 4.34. The summed E-state index contributed by atoms with van der Waals surface area (Å²) in [5.41, 5.74) is 0.404. The molecule has 0 atom stereocenters. The van der Waals surface area contributed by atoms with Crippen molar-refractivity contribution in [3.63, 3.8) is 0 Å². The Morgan fingerprint density at radius 2 is 2.00 bits per heavy atom. The largest absolute Gasteiger partial charge is 0.396 e. The van der Waals surface area contributed by atoms with E-state index in [1.165, 1.54) is 18.2 Å². The molecule has 2 nitrogen and oxygen atoms in total. The van der Waals surface area contributed by atoms with Gasteiger partial charge in [-0.25, -0.2) is 4.39 Å². The van der Waals surface area contributed by atoms with Crippen molar-refractivity contribution in [2.45, 2.75) is 26.7 Å². The molecule has 1 aromatic rings. The van der Waals surface area contributed by atoms with Crippen LogP contribution in [0.3, 0.4) is 0 Å². The summed E-state index contributed by atoms with van der Waals surface area (Å²) in [6.07, 6.45) is 1.72. The molecule has 0 unspecified atom stereocenters. The molecule has 0 fully saturated rings. The third-order valence-electron chi connectivity index (χ3n) is 3.42. The molecule has 0 amide bonds. The lowest BCUT2D eigenvalue weighted by Gasteiger charge is -2.30. The molecular weight excluding hydrogens is 241 g/mol. The molecule has 0 aliphatic carbocycles. The van der Waals surface area contributed by atoms with Crippen LogP contribution in [0, 0.1) is 11.2 Å². The molecule has 17 heavy (non-hydrogen) atoms. The number of anilines is 1. The minimum atomic E-state index is -0.320. The van der Waals surface area contributed by atoms with Gasteiger partial charge in [-0.2, -0.15) is 0 Å². The highest BCUT2D eigenvalue weighted by molar-refractivity contribution is 6.33. The fraction of sp³-hybridized carbons (Fsp3) is 0.538. The summed E-state index contributed by atoms with van der Waals surface area (Å²) >= 11 is 5.96. The second kappa shape index (κ2) is 6.22. The van der Waals surface area contributed by atoms with Crippen LogP contribution in [-0.2, 0) is 0 Å². The van der Waals surface area contributed by atoms with E-state index < -0.39 is 0 Å². The van der Waals surface area contributed by atoms with Crippen molar-refractivity contribution < 1.29 is 9.50 Å². The fourth-order valence-corrected chi connectivity index (χ4v) is 1.88. The van der Waals surface area contributed by atoms with Gasteiger partial charge in [0.1, 0.15) is 5.82 Å². The molecule has 96 valence electrons. The van der Waals surface area contributed by atoms with Crippen LogP contribution in [0.25, 0.3) is 0 Å². The van der Waals surface area contributed by atoms with Crippen molar-refractivity contribution in [3.05, 3.63) is 29.0 Å².